The highest BCUT2D eigenvalue weighted by Crippen LogP contribution is 2.14. The lowest BCUT2D eigenvalue weighted by atomic mass is 10.0. The molecule has 1 saturated heterocycles. The molecule has 1 fully saturated rings. The van der Waals surface area contributed by atoms with Crippen LogP contribution in [0.5, 0.6) is 0 Å². The first-order valence-corrected chi connectivity index (χ1v) is 10.0. The lowest BCUT2D eigenvalue weighted by Gasteiger charge is -2.32. The smallest absolute Gasteiger partial charge is 0.213 e. The Morgan fingerprint density at radius 1 is 1.23 bits per heavy atom. The van der Waals surface area contributed by atoms with Crippen LogP contribution in [0.3, 0.4) is 0 Å². The van der Waals surface area contributed by atoms with Crippen molar-refractivity contribution in [2.24, 2.45) is 10.9 Å². The fourth-order valence-electron chi connectivity index (χ4n) is 2.67. The van der Waals surface area contributed by atoms with Gasteiger partial charge in [0, 0.05) is 32.7 Å². The third-order valence-electron chi connectivity index (χ3n) is 4.49. The highest BCUT2D eigenvalue weighted by atomic mass is 32.2. The van der Waals surface area contributed by atoms with Crippen molar-refractivity contribution in [3.63, 3.8) is 0 Å². The summed E-state index contributed by atoms with van der Waals surface area (Å²) in [4.78, 5) is 4.27. The molecule has 1 rings (SSSR count). The van der Waals surface area contributed by atoms with Crippen molar-refractivity contribution < 1.29 is 8.42 Å². The van der Waals surface area contributed by atoms with Gasteiger partial charge in [0.1, 0.15) is 0 Å². The van der Waals surface area contributed by atoms with Gasteiger partial charge in [-0.3, -0.25) is 4.99 Å². The maximum atomic E-state index is 11.9. The number of piperidine rings is 1. The number of nitrogens with zero attached hydrogens (tertiary/aromatic N) is 2. The molecule has 0 spiro atoms. The van der Waals surface area contributed by atoms with E-state index in [9.17, 15) is 8.42 Å². The fourth-order valence-corrected chi connectivity index (χ4v) is 3.80. The normalized spacial score (nSPS) is 18.7. The number of guanidine groups is 1. The maximum absolute atomic E-state index is 11.9. The van der Waals surface area contributed by atoms with E-state index in [0.717, 1.165) is 38.2 Å². The fraction of sp³-hybridized carbons (Fsp3) is 0.933. The quantitative estimate of drug-likeness (QED) is 0.546. The van der Waals surface area contributed by atoms with E-state index in [1.165, 1.54) is 0 Å². The van der Waals surface area contributed by atoms with Crippen LogP contribution in [0.2, 0.25) is 0 Å². The topological polar surface area (TPSA) is 73.8 Å². The molecule has 2 N–H and O–H groups in total. The molecule has 7 heteroatoms. The predicted octanol–water partition coefficient (Wildman–Crippen LogP) is 1.40. The lowest BCUT2D eigenvalue weighted by molar-refractivity contribution is 0.306. The molecule has 0 aliphatic carbocycles. The van der Waals surface area contributed by atoms with Crippen LogP contribution >= 0.6 is 0 Å². The van der Waals surface area contributed by atoms with Gasteiger partial charge in [-0.2, -0.15) is 0 Å². The summed E-state index contributed by atoms with van der Waals surface area (Å²) in [7, 11) is -1.27. The van der Waals surface area contributed by atoms with Crippen LogP contribution in [-0.2, 0) is 10.0 Å². The van der Waals surface area contributed by atoms with Gasteiger partial charge in [-0.15, -0.1) is 0 Å². The van der Waals surface area contributed by atoms with Crippen molar-refractivity contribution in [1.82, 2.24) is 14.9 Å². The maximum Gasteiger partial charge on any atom is 0.213 e. The first-order valence-electron chi connectivity index (χ1n) is 8.41. The minimum Gasteiger partial charge on any atom is -0.356 e. The molecule has 22 heavy (non-hydrogen) atoms. The molecule has 1 aliphatic heterocycles. The summed E-state index contributed by atoms with van der Waals surface area (Å²) in [5.41, 5.74) is 0. The highest BCUT2D eigenvalue weighted by Gasteiger charge is 2.26. The Morgan fingerprint density at radius 2 is 1.82 bits per heavy atom. The molecule has 0 aromatic carbocycles. The van der Waals surface area contributed by atoms with Gasteiger partial charge in [0.2, 0.25) is 10.0 Å². The minimum absolute atomic E-state index is 0.184. The summed E-state index contributed by atoms with van der Waals surface area (Å²) in [5, 5.41) is 6.79. The molecule has 0 aromatic rings. The zero-order chi connectivity index (χ0) is 16.6. The van der Waals surface area contributed by atoms with Crippen LogP contribution in [0.25, 0.3) is 0 Å². The Morgan fingerprint density at radius 3 is 2.27 bits per heavy atom. The van der Waals surface area contributed by atoms with E-state index in [1.807, 2.05) is 0 Å². The summed E-state index contributed by atoms with van der Waals surface area (Å²) in [6, 6.07) is 0.288. The summed E-state index contributed by atoms with van der Waals surface area (Å²) < 4.78 is 25.3. The zero-order valence-electron chi connectivity index (χ0n) is 14.4. The molecule has 0 amide bonds. The molecular formula is C15H32N4O2S. The van der Waals surface area contributed by atoms with E-state index in [4.69, 9.17) is 0 Å². The largest absolute Gasteiger partial charge is 0.356 e. The number of sulfonamides is 1. The molecule has 6 nitrogen and oxygen atoms in total. The van der Waals surface area contributed by atoms with Crippen LogP contribution in [0, 0.1) is 5.92 Å². The van der Waals surface area contributed by atoms with Crippen LogP contribution in [0.4, 0.5) is 0 Å². The van der Waals surface area contributed by atoms with Gasteiger partial charge in [0.15, 0.2) is 5.96 Å². The molecule has 130 valence electrons. The number of nitrogens with one attached hydrogen (secondary N) is 2. The molecule has 0 radical (unpaired) electrons. The van der Waals surface area contributed by atoms with Crippen LogP contribution in [0.15, 0.2) is 4.99 Å². The Bertz CT molecular complexity index is 438. The summed E-state index contributed by atoms with van der Waals surface area (Å²) in [5.74, 6) is 1.67. The third-order valence-corrected chi connectivity index (χ3v) is 6.37. The number of aliphatic imine (C=N–C) groups is 1. The van der Waals surface area contributed by atoms with Crippen molar-refractivity contribution in [1.29, 1.82) is 0 Å². The first kappa shape index (κ1) is 19.2. The summed E-state index contributed by atoms with van der Waals surface area (Å²) in [6.07, 6.45) is 3.97. The number of hydrogen-bond acceptors (Lipinski definition) is 3. The average molecular weight is 333 g/mol. The monoisotopic (exact) mass is 332 g/mol. The summed E-state index contributed by atoms with van der Waals surface area (Å²) in [6.45, 7) is 8.22. The molecule has 0 atom stereocenters. The van der Waals surface area contributed by atoms with Crippen molar-refractivity contribution in [2.45, 2.75) is 52.5 Å². The Hall–Kier alpha value is -0.820. The van der Waals surface area contributed by atoms with Crippen molar-refractivity contribution >= 4 is 16.0 Å². The summed E-state index contributed by atoms with van der Waals surface area (Å²) >= 11 is 0. The SMILES string of the molecule is CCC(CC)CNC(=NC)NC1CCN(S(=O)(=O)CC)CC1. The standard InChI is InChI=1S/C15H32N4O2S/c1-5-13(6-2)12-17-15(16-4)18-14-8-10-19(11-9-14)22(20,21)7-3/h13-14H,5-12H2,1-4H3,(H2,16,17,18). The van der Waals surface area contributed by atoms with E-state index in [1.54, 1.807) is 18.3 Å². The second kappa shape index (κ2) is 9.35. The molecule has 1 aliphatic rings. The van der Waals surface area contributed by atoms with Crippen LogP contribution in [-0.4, -0.2) is 57.2 Å². The van der Waals surface area contributed by atoms with E-state index in [-0.39, 0.29) is 11.8 Å². The van der Waals surface area contributed by atoms with E-state index < -0.39 is 10.0 Å². The van der Waals surface area contributed by atoms with Gasteiger partial charge in [-0.25, -0.2) is 12.7 Å². The van der Waals surface area contributed by atoms with E-state index in [2.05, 4.69) is 29.5 Å². The second-order valence-electron chi connectivity index (χ2n) is 5.85. The molecule has 1 heterocycles. The van der Waals surface area contributed by atoms with Crippen LogP contribution in [0.1, 0.15) is 46.5 Å². The van der Waals surface area contributed by atoms with E-state index >= 15 is 0 Å². The van der Waals surface area contributed by atoms with Gasteiger partial charge in [-0.1, -0.05) is 26.7 Å². The lowest BCUT2D eigenvalue weighted by Crippen LogP contribution is -2.50. The van der Waals surface area contributed by atoms with Crippen molar-refractivity contribution in [2.75, 3.05) is 32.4 Å². The third kappa shape index (κ3) is 5.76. The van der Waals surface area contributed by atoms with Crippen molar-refractivity contribution in [3.05, 3.63) is 0 Å². The Balaban J connectivity index is 2.41. The second-order valence-corrected chi connectivity index (χ2v) is 8.11. The van der Waals surface area contributed by atoms with Crippen molar-refractivity contribution in [3.8, 4) is 0 Å². The molecule has 0 saturated carbocycles. The van der Waals surface area contributed by atoms with Gasteiger partial charge >= 0.3 is 0 Å². The zero-order valence-corrected chi connectivity index (χ0v) is 15.2. The Kier molecular flexibility index (Phi) is 8.17. The highest BCUT2D eigenvalue weighted by molar-refractivity contribution is 7.89. The minimum atomic E-state index is -3.05. The van der Waals surface area contributed by atoms with Gasteiger partial charge < -0.3 is 10.6 Å². The first-order chi connectivity index (χ1) is 10.5. The van der Waals surface area contributed by atoms with E-state index in [0.29, 0.717) is 19.0 Å². The van der Waals surface area contributed by atoms with Crippen LogP contribution < -0.4 is 10.6 Å². The number of hydrogen-bond donors (Lipinski definition) is 2. The molecular weight excluding hydrogens is 300 g/mol. The molecule has 0 aromatic heterocycles. The number of rotatable bonds is 7. The van der Waals surface area contributed by atoms with Gasteiger partial charge in [-0.05, 0) is 25.7 Å². The molecule has 0 bridgehead atoms. The molecule has 0 unspecified atom stereocenters. The van der Waals surface area contributed by atoms with Gasteiger partial charge in [0.05, 0.1) is 5.75 Å². The Labute approximate surface area is 135 Å². The average Bonchev–Trinajstić information content (AvgIpc) is 2.55. The van der Waals surface area contributed by atoms with Gasteiger partial charge in [0.25, 0.3) is 0 Å². The predicted molar refractivity (Wildman–Crippen MR) is 92.6 cm³/mol.